The average molecular weight is 347 g/mol. The third-order valence-corrected chi connectivity index (χ3v) is 4.90. The molecule has 0 radical (unpaired) electrons. The van der Waals surface area contributed by atoms with E-state index in [0.29, 0.717) is 12.5 Å². The first-order valence-electron chi connectivity index (χ1n) is 9.12. The molecule has 4 rings (SSSR count). The second kappa shape index (κ2) is 7.75. The Kier molecular flexibility index (Phi) is 5.02. The Bertz CT molecular complexity index is 866. The van der Waals surface area contributed by atoms with E-state index in [1.54, 1.807) is 12.1 Å². The SMILES string of the molecule is Fc1cccc(Cc2cccc([C@H]3CCCN3Cc3ccccn3)n2)c1. The van der Waals surface area contributed by atoms with Crippen molar-refractivity contribution in [1.29, 1.82) is 0 Å². The van der Waals surface area contributed by atoms with Gasteiger partial charge < -0.3 is 0 Å². The van der Waals surface area contributed by atoms with E-state index < -0.39 is 0 Å². The van der Waals surface area contributed by atoms with Gasteiger partial charge in [0.1, 0.15) is 5.82 Å². The van der Waals surface area contributed by atoms with E-state index in [-0.39, 0.29) is 5.82 Å². The number of halogens is 1. The quantitative estimate of drug-likeness (QED) is 0.678. The number of pyridine rings is 2. The zero-order valence-electron chi connectivity index (χ0n) is 14.7. The fraction of sp³-hybridized carbons (Fsp3) is 0.273. The van der Waals surface area contributed by atoms with Crippen LogP contribution in [0, 0.1) is 5.82 Å². The average Bonchev–Trinajstić information content (AvgIpc) is 3.11. The molecule has 1 aliphatic rings. The summed E-state index contributed by atoms with van der Waals surface area (Å²) in [4.78, 5) is 11.8. The Labute approximate surface area is 153 Å². The summed E-state index contributed by atoms with van der Waals surface area (Å²) in [5.74, 6) is -0.198. The molecular weight excluding hydrogens is 325 g/mol. The minimum absolute atomic E-state index is 0.198. The summed E-state index contributed by atoms with van der Waals surface area (Å²) in [5.41, 5.74) is 4.13. The van der Waals surface area contributed by atoms with Crippen LogP contribution in [0.4, 0.5) is 4.39 Å². The smallest absolute Gasteiger partial charge is 0.123 e. The number of benzene rings is 1. The summed E-state index contributed by atoms with van der Waals surface area (Å²) < 4.78 is 13.4. The molecule has 1 saturated heterocycles. The third-order valence-electron chi connectivity index (χ3n) is 4.90. The van der Waals surface area contributed by atoms with Gasteiger partial charge in [-0.3, -0.25) is 14.9 Å². The van der Waals surface area contributed by atoms with E-state index in [1.807, 2.05) is 30.5 Å². The fourth-order valence-electron chi connectivity index (χ4n) is 3.69. The molecule has 26 heavy (non-hydrogen) atoms. The Hall–Kier alpha value is -2.59. The Balaban J connectivity index is 1.51. The minimum Gasteiger partial charge on any atom is -0.289 e. The molecule has 132 valence electrons. The number of nitrogens with zero attached hydrogens (tertiary/aromatic N) is 3. The van der Waals surface area contributed by atoms with E-state index in [1.165, 1.54) is 12.5 Å². The van der Waals surface area contributed by atoms with Crippen molar-refractivity contribution < 1.29 is 4.39 Å². The molecule has 0 spiro atoms. The maximum atomic E-state index is 13.4. The second-order valence-corrected chi connectivity index (χ2v) is 6.81. The summed E-state index contributed by atoms with van der Waals surface area (Å²) in [6.07, 6.45) is 4.79. The van der Waals surface area contributed by atoms with E-state index >= 15 is 0 Å². The molecule has 1 aliphatic heterocycles. The third kappa shape index (κ3) is 3.97. The van der Waals surface area contributed by atoms with Gasteiger partial charge in [-0.05, 0) is 61.3 Å². The molecule has 0 saturated carbocycles. The topological polar surface area (TPSA) is 29.0 Å². The van der Waals surface area contributed by atoms with Gasteiger partial charge in [-0.15, -0.1) is 0 Å². The van der Waals surface area contributed by atoms with Crippen LogP contribution in [-0.2, 0) is 13.0 Å². The number of hydrogen-bond donors (Lipinski definition) is 0. The highest BCUT2D eigenvalue weighted by Crippen LogP contribution is 2.32. The summed E-state index contributed by atoms with van der Waals surface area (Å²) in [6.45, 7) is 1.92. The predicted octanol–water partition coefficient (Wildman–Crippen LogP) is 4.54. The van der Waals surface area contributed by atoms with Crippen molar-refractivity contribution in [2.75, 3.05) is 6.54 Å². The van der Waals surface area contributed by atoms with Gasteiger partial charge in [0, 0.05) is 24.9 Å². The van der Waals surface area contributed by atoms with Crippen LogP contribution < -0.4 is 0 Å². The van der Waals surface area contributed by atoms with Crippen molar-refractivity contribution >= 4 is 0 Å². The largest absolute Gasteiger partial charge is 0.289 e. The first-order chi connectivity index (χ1) is 12.8. The molecule has 4 heteroatoms. The fourth-order valence-corrected chi connectivity index (χ4v) is 3.69. The van der Waals surface area contributed by atoms with Crippen LogP contribution in [0.1, 0.15) is 41.5 Å². The van der Waals surface area contributed by atoms with Crippen molar-refractivity contribution in [3.63, 3.8) is 0 Å². The van der Waals surface area contributed by atoms with Gasteiger partial charge >= 0.3 is 0 Å². The molecule has 1 atom stereocenters. The lowest BCUT2D eigenvalue weighted by Crippen LogP contribution is -2.24. The normalized spacial score (nSPS) is 17.5. The molecule has 0 unspecified atom stereocenters. The van der Waals surface area contributed by atoms with Crippen molar-refractivity contribution in [2.45, 2.75) is 31.8 Å². The summed E-state index contributed by atoms with van der Waals surface area (Å²) >= 11 is 0. The highest BCUT2D eigenvalue weighted by molar-refractivity contribution is 5.24. The van der Waals surface area contributed by atoms with Crippen molar-refractivity contribution in [1.82, 2.24) is 14.9 Å². The van der Waals surface area contributed by atoms with Crippen LogP contribution in [-0.4, -0.2) is 21.4 Å². The molecule has 1 aromatic carbocycles. The zero-order valence-corrected chi connectivity index (χ0v) is 14.7. The van der Waals surface area contributed by atoms with E-state index in [0.717, 1.165) is 42.2 Å². The predicted molar refractivity (Wildman–Crippen MR) is 100 cm³/mol. The lowest BCUT2D eigenvalue weighted by atomic mass is 10.1. The van der Waals surface area contributed by atoms with Crippen LogP contribution in [0.5, 0.6) is 0 Å². The summed E-state index contributed by atoms with van der Waals surface area (Å²) in [7, 11) is 0. The Morgan fingerprint density at radius 3 is 2.73 bits per heavy atom. The van der Waals surface area contributed by atoms with Gasteiger partial charge in [0.15, 0.2) is 0 Å². The first kappa shape index (κ1) is 16.9. The van der Waals surface area contributed by atoms with Gasteiger partial charge in [-0.25, -0.2) is 4.39 Å². The number of rotatable bonds is 5. The molecule has 2 aromatic heterocycles. The highest BCUT2D eigenvalue weighted by atomic mass is 19.1. The minimum atomic E-state index is -0.198. The van der Waals surface area contributed by atoms with Gasteiger partial charge in [-0.1, -0.05) is 24.3 Å². The van der Waals surface area contributed by atoms with Gasteiger partial charge in [0.05, 0.1) is 17.4 Å². The van der Waals surface area contributed by atoms with Crippen LogP contribution in [0.25, 0.3) is 0 Å². The molecule has 0 amide bonds. The van der Waals surface area contributed by atoms with Crippen LogP contribution in [0.3, 0.4) is 0 Å². The number of likely N-dealkylation sites (tertiary alicyclic amines) is 1. The summed E-state index contributed by atoms with van der Waals surface area (Å²) in [5, 5.41) is 0. The lowest BCUT2D eigenvalue weighted by molar-refractivity contribution is 0.241. The van der Waals surface area contributed by atoms with Crippen molar-refractivity contribution in [3.8, 4) is 0 Å². The molecule has 0 bridgehead atoms. The molecule has 3 heterocycles. The van der Waals surface area contributed by atoms with Gasteiger partial charge in [0.25, 0.3) is 0 Å². The molecule has 1 fully saturated rings. The van der Waals surface area contributed by atoms with E-state index in [2.05, 4.69) is 28.1 Å². The lowest BCUT2D eigenvalue weighted by Gasteiger charge is -2.24. The molecule has 0 aliphatic carbocycles. The van der Waals surface area contributed by atoms with E-state index in [9.17, 15) is 4.39 Å². The maximum absolute atomic E-state index is 13.4. The van der Waals surface area contributed by atoms with Gasteiger partial charge in [0.2, 0.25) is 0 Å². The molecule has 3 aromatic rings. The monoisotopic (exact) mass is 347 g/mol. The first-order valence-corrected chi connectivity index (χ1v) is 9.12. The number of hydrogen-bond acceptors (Lipinski definition) is 3. The summed E-state index contributed by atoms with van der Waals surface area (Å²) in [6, 6.07) is 19.3. The Morgan fingerprint density at radius 2 is 1.88 bits per heavy atom. The van der Waals surface area contributed by atoms with E-state index in [4.69, 9.17) is 4.98 Å². The van der Waals surface area contributed by atoms with Gasteiger partial charge in [-0.2, -0.15) is 0 Å². The van der Waals surface area contributed by atoms with Crippen molar-refractivity contribution in [2.24, 2.45) is 0 Å². The molecule has 0 N–H and O–H groups in total. The van der Waals surface area contributed by atoms with Crippen LogP contribution >= 0.6 is 0 Å². The van der Waals surface area contributed by atoms with Crippen LogP contribution in [0.15, 0.2) is 66.9 Å². The zero-order chi connectivity index (χ0) is 17.8. The maximum Gasteiger partial charge on any atom is 0.123 e. The van der Waals surface area contributed by atoms with Crippen molar-refractivity contribution in [3.05, 3.63) is 95.3 Å². The van der Waals surface area contributed by atoms with Crippen LogP contribution in [0.2, 0.25) is 0 Å². The standard InChI is InChI=1S/C22H22FN3/c23-18-7-3-6-17(14-18)15-19-9-4-10-21(25-19)22-11-5-13-26(22)16-20-8-1-2-12-24-20/h1-4,6-10,12,14,22H,5,11,13,15-16H2/t22-/m1/s1. The Morgan fingerprint density at radius 1 is 1.00 bits per heavy atom. The highest BCUT2D eigenvalue weighted by Gasteiger charge is 2.27. The second-order valence-electron chi connectivity index (χ2n) is 6.81. The molecular formula is C22H22FN3. The molecule has 3 nitrogen and oxygen atoms in total. The number of aromatic nitrogens is 2.